The standard InChI is InChI=1S/C10H8Cl3NO3S/c1-10(5-9(15)14(10)18(13,16)17)7-3-2-6(11)4-8(7)12/h2-4H,5H2,1H3. The van der Waals surface area contributed by atoms with Crippen LogP contribution in [0.25, 0.3) is 0 Å². The van der Waals surface area contributed by atoms with Gasteiger partial charge in [0.05, 0.1) is 12.0 Å². The number of hydrogen-bond acceptors (Lipinski definition) is 3. The summed E-state index contributed by atoms with van der Waals surface area (Å²) in [5, 5.41) is 0.723. The van der Waals surface area contributed by atoms with Gasteiger partial charge in [-0.2, -0.15) is 8.42 Å². The summed E-state index contributed by atoms with van der Waals surface area (Å²) in [7, 11) is 1.12. The SMILES string of the molecule is CC1(c2ccc(Cl)cc2Cl)CC(=O)N1S(=O)(=O)Cl. The molecule has 1 aromatic carbocycles. The lowest BCUT2D eigenvalue weighted by atomic mass is 9.82. The minimum Gasteiger partial charge on any atom is -0.274 e. The topological polar surface area (TPSA) is 54.5 Å². The van der Waals surface area contributed by atoms with Crippen molar-refractivity contribution in [3.05, 3.63) is 33.8 Å². The fraction of sp³-hybridized carbons (Fsp3) is 0.300. The Morgan fingerprint density at radius 2 is 1.94 bits per heavy atom. The van der Waals surface area contributed by atoms with E-state index in [0.717, 1.165) is 0 Å². The third-order valence-corrected chi connectivity index (χ3v) is 4.90. The van der Waals surface area contributed by atoms with E-state index in [9.17, 15) is 13.2 Å². The Hall–Kier alpha value is -0.490. The number of benzene rings is 1. The number of amides is 1. The molecule has 0 saturated carbocycles. The van der Waals surface area contributed by atoms with Gasteiger partial charge in [-0.25, -0.2) is 4.31 Å². The lowest BCUT2D eigenvalue weighted by Crippen LogP contribution is -2.60. The van der Waals surface area contributed by atoms with Crippen LogP contribution in [0.1, 0.15) is 18.9 Å². The molecule has 18 heavy (non-hydrogen) atoms. The first-order valence-corrected chi connectivity index (χ1v) is 7.92. The van der Waals surface area contributed by atoms with E-state index in [0.29, 0.717) is 19.9 Å². The molecule has 0 spiro atoms. The van der Waals surface area contributed by atoms with Crippen molar-refractivity contribution >= 4 is 49.0 Å². The third kappa shape index (κ3) is 2.09. The number of halogens is 3. The van der Waals surface area contributed by atoms with Crippen molar-refractivity contribution in [2.75, 3.05) is 0 Å². The fourth-order valence-corrected chi connectivity index (χ4v) is 4.37. The molecule has 2 rings (SSSR count). The van der Waals surface area contributed by atoms with E-state index in [4.69, 9.17) is 33.9 Å². The maximum Gasteiger partial charge on any atom is 0.324 e. The van der Waals surface area contributed by atoms with Crippen LogP contribution in [0, 0.1) is 0 Å². The van der Waals surface area contributed by atoms with Gasteiger partial charge >= 0.3 is 9.24 Å². The molecule has 1 amide bonds. The number of hydrogen-bond donors (Lipinski definition) is 0. The Kier molecular flexibility index (Phi) is 3.30. The second-order valence-electron chi connectivity index (χ2n) is 4.18. The minimum absolute atomic E-state index is 0.0281. The molecular weight excluding hydrogens is 321 g/mol. The molecular formula is C10H8Cl3NO3S. The van der Waals surface area contributed by atoms with Gasteiger partial charge in [-0.3, -0.25) is 4.79 Å². The molecule has 1 atom stereocenters. The molecule has 0 radical (unpaired) electrons. The Bertz CT molecular complexity index is 631. The third-order valence-electron chi connectivity index (χ3n) is 2.90. The maximum atomic E-state index is 11.4. The van der Waals surface area contributed by atoms with Crippen molar-refractivity contribution in [3.8, 4) is 0 Å². The molecule has 0 N–H and O–H groups in total. The van der Waals surface area contributed by atoms with Gasteiger partial charge in [-0.15, -0.1) is 0 Å². The van der Waals surface area contributed by atoms with Crippen molar-refractivity contribution < 1.29 is 13.2 Å². The molecule has 1 unspecified atom stereocenters. The fourth-order valence-electron chi connectivity index (χ4n) is 2.12. The largest absolute Gasteiger partial charge is 0.324 e. The van der Waals surface area contributed by atoms with Crippen molar-refractivity contribution in [3.63, 3.8) is 0 Å². The summed E-state index contributed by atoms with van der Waals surface area (Å²) in [6.07, 6.45) is 0.0281. The van der Waals surface area contributed by atoms with E-state index in [1.165, 1.54) is 6.07 Å². The Labute approximate surface area is 119 Å². The molecule has 1 aliphatic rings. The Morgan fingerprint density at radius 3 is 2.39 bits per heavy atom. The molecule has 8 heteroatoms. The minimum atomic E-state index is -4.13. The number of carbonyl (C=O) groups excluding carboxylic acids is 1. The predicted octanol–water partition coefficient (Wildman–Crippen LogP) is 2.92. The van der Waals surface area contributed by atoms with Crippen LogP contribution in [-0.2, 0) is 19.6 Å². The monoisotopic (exact) mass is 327 g/mol. The zero-order chi connectivity index (χ0) is 13.7. The van der Waals surface area contributed by atoms with Crippen molar-refractivity contribution in [2.24, 2.45) is 0 Å². The van der Waals surface area contributed by atoms with E-state index in [2.05, 4.69) is 0 Å². The van der Waals surface area contributed by atoms with Gasteiger partial charge in [0.2, 0.25) is 5.91 Å². The first-order chi connectivity index (χ1) is 8.16. The normalized spacial score (nSPS) is 24.0. The van der Waals surface area contributed by atoms with Crippen molar-refractivity contribution in [1.29, 1.82) is 0 Å². The highest BCUT2D eigenvalue weighted by Gasteiger charge is 2.55. The molecule has 1 aliphatic heterocycles. The van der Waals surface area contributed by atoms with Gasteiger partial charge in [0.1, 0.15) is 0 Å². The molecule has 1 saturated heterocycles. The molecule has 0 aliphatic carbocycles. The van der Waals surface area contributed by atoms with E-state index in [-0.39, 0.29) is 6.42 Å². The van der Waals surface area contributed by atoms with Crippen LogP contribution in [0.15, 0.2) is 18.2 Å². The van der Waals surface area contributed by atoms with E-state index in [1.807, 2.05) is 0 Å². The first-order valence-electron chi connectivity index (χ1n) is 4.89. The van der Waals surface area contributed by atoms with Crippen LogP contribution in [0.5, 0.6) is 0 Å². The van der Waals surface area contributed by atoms with Gasteiger partial charge < -0.3 is 0 Å². The highest BCUT2D eigenvalue weighted by molar-refractivity contribution is 8.12. The first kappa shape index (κ1) is 13.9. The summed E-state index contributed by atoms with van der Waals surface area (Å²) in [5.41, 5.74) is -0.559. The van der Waals surface area contributed by atoms with Crippen molar-refractivity contribution in [2.45, 2.75) is 18.9 Å². The zero-order valence-electron chi connectivity index (χ0n) is 9.15. The molecule has 98 valence electrons. The highest BCUT2D eigenvalue weighted by Crippen LogP contribution is 2.46. The van der Waals surface area contributed by atoms with Crippen LogP contribution in [0.3, 0.4) is 0 Å². The Balaban J connectivity index is 2.53. The predicted molar refractivity (Wildman–Crippen MR) is 70.0 cm³/mol. The van der Waals surface area contributed by atoms with E-state index in [1.54, 1.807) is 19.1 Å². The number of nitrogens with zero attached hydrogens (tertiary/aromatic N) is 1. The van der Waals surface area contributed by atoms with Crippen LogP contribution in [-0.4, -0.2) is 18.6 Å². The van der Waals surface area contributed by atoms with Gasteiger partial charge in [-0.05, 0) is 24.6 Å². The molecule has 1 fully saturated rings. The molecule has 4 nitrogen and oxygen atoms in total. The van der Waals surface area contributed by atoms with E-state index < -0.39 is 20.7 Å². The zero-order valence-corrected chi connectivity index (χ0v) is 12.2. The summed E-state index contributed by atoms with van der Waals surface area (Å²) >= 11 is 11.8. The molecule has 0 bridgehead atoms. The number of rotatable bonds is 2. The van der Waals surface area contributed by atoms with Gasteiger partial charge in [0.15, 0.2) is 0 Å². The summed E-state index contributed by atoms with van der Waals surface area (Å²) in [4.78, 5) is 11.4. The van der Waals surface area contributed by atoms with Crippen LogP contribution < -0.4 is 0 Å². The average Bonchev–Trinajstić information content (AvgIpc) is 2.12. The van der Waals surface area contributed by atoms with Gasteiger partial charge in [-0.1, -0.05) is 29.3 Å². The maximum absolute atomic E-state index is 11.4. The highest BCUT2D eigenvalue weighted by atomic mass is 35.7. The van der Waals surface area contributed by atoms with E-state index >= 15 is 0 Å². The summed E-state index contributed by atoms with van der Waals surface area (Å²) in [6.45, 7) is 1.59. The smallest absolute Gasteiger partial charge is 0.274 e. The van der Waals surface area contributed by atoms with Crippen LogP contribution >= 0.6 is 33.9 Å². The second kappa shape index (κ2) is 4.27. The second-order valence-corrected chi connectivity index (χ2v) is 7.38. The lowest BCUT2D eigenvalue weighted by molar-refractivity contribution is -0.144. The molecule has 1 heterocycles. The summed E-state index contributed by atoms with van der Waals surface area (Å²) in [6, 6.07) is 4.66. The van der Waals surface area contributed by atoms with Crippen molar-refractivity contribution in [1.82, 2.24) is 4.31 Å². The molecule has 1 aromatic rings. The Morgan fingerprint density at radius 1 is 1.33 bits per heavy atom. The van der Waals surface area contributed by atoms with Crippen LogP contribution in [0.4, 0.5) is 0 Å². The summed E-state index contributed by atoms with van der Waals surface area (Å²) < 4.78 is 23.4. The lowest BCUT2D eigenvalue weighted by Gasteiger charge is -2.47. The molecule has 0 aromatic heterocycles. The average molecular weight is 329 g/mol. The quantitative estimate of drug-likeness (QED) is 0.619. The number of β-lactam (4-membered cyclic amide) rings is 1. The van der Waals surface area contributed by atoms with Crippen LogP contribution in [0.2, 0.25) is 10.0 Å². The summed E-state index contributed by atoms with van der Waals surface area (Å²) in [5.74, 6) is -0.557. The van der Waals surface area contributed by atoms with Gasteiger partial charge in [0, 0.05) is 20.7 Å². The number of carbonyl (C=O) groups is 1. The van der Waals surface area contributed by atoms with Gasteiger partial charge in [0.25, 0.3) is 0 Å².